The summed E-state index contributed by atoms with van der Waals surface area (Å²) in [5.74, 6) is -2.54. The lowest BCUT2D eigenvalue weighted by Crippen LogP contribution is -2.34. The topological polar surface area (TPSA) is 124 Å². The average molecular weight is 517 g/mol. The number of nitriles is 1. The number of furan rings is 1. The zero-order chi connectivity index (χ0) is 26.3. The van der Waals surface area contributed by atoms with E-state index >= 15 is 0 Å². The van der Waals surface area contributed by atoms with Crippen molar-refractivity contribution in [1.29, 1.82) is 5.26 Å². The summed E-state index contributed by atoms with van der Waals surface area (Å²) < 4.78 is 44.0. The maximum Gasteiger partial charge on any atom is 0.416 e. The highest BCUT2D eigenvalue weighted by Gasteiger charge is 2.30. The number of nitrogens with one attached hydrogen (secondary N) is 3. The second-order valence-electron chi connectivity index (χ2n) is 7.15. The standard InChI is InChI=1S/C24H16ClF3N4O4/c25-16-4-2-6-18(11-16)32-23(35)22(34)30-13-20-8-7-19(36-20)9-14(12-29)21(33)31-17-5-1-3-15(10-17)24(26,27)28/h1-11H,13H2,(H,30,34)(H,31,33)(H,32,35)/b14-9-. The average Bonchev–Trinajstić information content (AvgIpc) is 3.28. The lowest BCUT2D eigenvalue weighted by atomic mass is 10.1. The fourth-order valence-electron chi connectivity index (χ4n) is 2.83. The molecule has 3 N–H and O–H groups in total. The number of halogens is 4. The molecule has 0 unspecified atom stereocenters. The quantitative estimate of drug-likeness (QED) is 0.248. The predicted octanol–water partition coefficient (Wildman–Crippen LogP) is 4.75. The zero-order valence-corrected chi connectivity index (χ0v) is 18.9. The summed E-state index contributed by atoms with van der Waals surface area (Å²) >= 11 is 5.83. The van der Waals surface area contributed by atoms with E-state index in [0.717, 1.165) is 24.3 Å². The van der Waals surface area contributed by atoms with Crippen LogP contribution in [-0.4, -0.2) is 17.7 Å². The molecule has 0 spiro atoms. The maximum absolute atomic E-state index is 12.8. The Kier molecular flexibility index (Phi) is 8.14. The van der Waals surface area contributed by atoms with Crippen LogP contribution < -0.4 is 16.0 Å². The van der Waals surface area contributed by atoms with E-state index < -0.39 is 35.0 Å². The SMILES string of the molecule is N#C/C(=C/c1ccc(CNC(=O)C(=O)Nc2cccc(Cl)c2)o1)C(=O)Nc1cccc(C(F)(F)F)c1. The molecule has 0 aliphatic heterocycles. The summed E-state index contributed by atoms with van der Waals surface area (Å²) in [5, 5.41) is 16.6. The molecular formula is C24H16ClF3N4O4. The normalized spacial score (nSPS) is 11.4. The maximum atomic E-state index is 12.8. The van der Waals surface area contributed by atoms with Gasteiger partial charge in [-0.15, -0.1) is 0 Å². The third-order valence-corrected chi connectivity index (χ3v) is 4.73. The van der Waals surface area contributed by atoms with E-state index in [1.165, 1.54) is 24.3 Å². The molecule has 1 heterocycles. The minimum absolute atomic E-state index is 0.0679. The van der Waals surface area contributed by atoms with Crippen molar-refractivity contribution in [2.75, 3.05) is 10.6 Å². The van der Waals surface area contributed by atoms with E-state index in [0.29, 0.717) is 10.7 Å². The Labute approximate surface area is 207 Å². The van der Waals surface area contributed by atoms with Crippen molar-refractivity contribution in [3.63, 3.8) is 0 Å². The van der Waals surface area contributed by atoms with Crippen LogP contribution in [-0.2, 0) is 27.1 Å². The molecule has 0 saturated carbocycles. The van der Waals surface area contributed by atoms with Gasteiger partial charge in [-0.1, -0.05) is 23.7 Å². The van der Waals surface area contributed by atoms with Crippen LogP contribution in [0.4, 0.5) is 24.5 Å². The Morgan fingerprint density at radius 1 is 0.944 bits per heavy atom. The van der Waals surface area contributed by atoms with E-state index in [1.807, 2.05) is 0 Å². The lowest BCUT2D eigenvalue weighted by molar-refractivity contribution is -0.137. The van der Waals surface area contributed by atoms with E-state index in [2.05, 4.69) is 16.0 Å². The molecule has 1 aromatic heterocycles. The number of hydrogen-bond donors (Lipinski definition) is 3. The van der Waals surface area contributed by atoms with Gasteiger partial charge in [-0.3, -0.25) is 14.4 Å². The zero-order valence-electron chi connectivity index (χ0n) is 18.2. The van der Waals surface area contributed by atoms with Crippen LogP contribution in [0.2, 0.25) is 5.02 Å². The van der Waals surface area contributed by atoms with Crippen LogP contribution in [0.5, 0.6) is 0 Å². The van der Waals surface area contributed by atoms with E-state index in [9.17, 15) is 32.8 Å². The Bertz CT molecular complexity index is 1380. The molecule has 3 amide bonds. The monoisotopic (exact) mass is 516 g/mol. The van der Waals surface area contributed by atoms with Crippen LogP contribution in [0, 0.1) is 11.3 Å². The van der Waals surface area contributed by atoms with Crippen molar-refractivity contribution < 1.29 is 32.0 Å². The number of nitrogens with zero attached hydrogens (tertiary/aromatic N) is 1. The number of rotatable bonds is 6. The number of amides is 3. The highest BCUT2D eigenvalue weighted by atomic mass is 35.5. The Morgan fingerprint density at radius 3 is 2.28 bits per heavy atom. The first-order chi connectivity index (χ1) is 17.0. The van der Waals surface area contributed by atoms with Gasteiger partial charge in [0.15, 0.2) is 0 Å². The highest BCUT2D eigenvalue weighted by Crippen LogP contribution is 2.30. The Balaban J connectivity index is 1.59. The molecule has 0 saturated heterocycles. The van der Waals surface area contributed by atoms with Gasteiger partial charge in [-0.25, -0.2) is 0 Å². The van der Waals surface area contributed by atoms with Crippen LogP contribution in [0.1, 0.15) is 17.1 Å². The van der Waals surface area contributed by atoms with Crippen molar-refractivity contribution in [1.82, 2.24) is 5.32 Å². The second kappa shape index (κ2) is 11.2. The van der Waals surface area contributed by atoms with Gasteiger partial charge in [0.05, 0.1) is 12.1 Å². The summed E-state index contributed by atoms with van der Waals surface area (Å²) in [6.45, 7) is -0.173. The Morgan fingerprint density at radius 2 is 1.61 bits per heavy atom. The molecule has 0 aliphatic rings. The molecule has 3 rings (SSSR count). The first-order valence-electron chi connectivity index (χ1n) is 10.1. The molecular weight excluding hydrogens is 501 g/mol. The molecule has 0 atom stereocenters. The van der Waals surface area contributed by atoms with Gasteiger partial charge >= 0.3 is 18.0 Å². The van der Waals surface area contributed by atoms with Crippen molar-refractivity contribution in [2.24, 2.45) is 0 Å². The number of benzene rings is 2. The first-order valence-corrected chi connectivity index (χ1v) is 10.5. The molecule has 2 aromatic carbocycles. The van der Waals surface area contributed by atoms with Crippen LogP contribution in [0.15, 0.2) is 70.7 Å². The third-order valence-electron chi connectivity index (χ3n) is 4.49. The van der Waals surface area contributed by atoms with Gasteiger partial charge in [0.2, 0.25) is 0 Å². The minimum Gasteiger partial charge on any atom is -0.460 e. The Hall–Kier alpha value is -4.56. The number of hydrogen-bond acceptors (Lipinski definition) is 5. The first kappa shape index (κ1) is 26.1. The van der Waals surface area contributed by atoms with Crippen molar-refractivity contribution in [2.45, 2.75) is 12.7 Å². The molecule has 184 valence electrons. The summed E-state index contributed by atoms with van der Waals surface area (Å²) in [6, 6.07) is 14.7. The van der Waals surface area contributed by atoms with Crippen molar-refractivity contribution in [3.8, 4) is 6.07 Å². The lowest BCUT2D eigenvalue weighted by Gasteiger charge is -2.09. The second-order valence-corrected chi connectivity index (χ2v) is 7.59. The summed E-state index contributed by atoms with van der Waals surface area (Å²) in [4.78, 5) is 36.3. The molecule has 3 aromatic rings. The third kappa shape index (κ3) is 7.22. The van der Waals surface area contributed by atoms with Gasteiger partial charge in [0.1, 0.15) is 23.2 Å². The van der Waals surface area contributed by atoms with E-state index in [4.69, 9.17) is 16.0 Å². The van der Waals surface area contributed by atoms with Crippen molar-refractivity contribution in [3.05, 3.63) is 88.3 Å². The molecule has 0 radical (unpaired) electrons. The molecule has 12 heteroatoms. The number of anilines is 2. The molecule has 8 nitrogen and oxygen atoms in total. The minimum atomic E-state index is -4.59. The fourth-order valence-corrected chi connectivity index (χ4v) is 3.02. The van der Waals surface area contributed by atoms with Gasteiger partial charge in [0, 0.05) is 22.5 Å². The highest BCUT2D eigenvalue weighted by molar-refractivity contribution is 6.39. The van der Waals surface area contributed by atoms with Crippen LogP contribution >= 0.6 is 11.6 Å². The fraction of sp³-hybridized carbons (Fsp3) is 0.0833. The summed E-state index contributed by atoms with van der Waals surface area (Å²) in [6.07, 6.45) is -3.51. The largest absolute Gasteiger partial charge is 0.460 e. The van der Waals surface area contributed by atoms with Crippen LogP contribution in [0.25, 0.3) is 6.08 Å². The van der Waals surface area contributed by atoms with E-state index in [-0.39, 0.29) is 23.8 Å². The molecule has 0 aliphatic carbocycles. The molecule has 36 heavy (non-hydrogen) atoms. The van der Waals surface area contributed by atoms with Gasteiger partial charge in [0.25, 0.3) is 5.91 Å². The van der Waals surface area contributed by atoms with Crippen LogP contribution in [0.3, 0.4) is 0 Å². The van der Waals surface area contributed by atoms with Gasteiger partial charge in [-0.2, -0.15) is 18.4 Å². The number of alkyl halides is 3. The summed E-state index contributed by atoms with van der Waals surface area (Å²) in [5.41, 5.74) is -1.20. The van der Waals surface area contributed by atoms with Gasteiger partial charge in [-0.05, 0) is 48.5 Å². The molecule has 0 fully saturated rings. The summed E-state index contributed by atoms with van der Waals surface area (Å²) in [7, 11) is 0. The predicted molar refractivity (Wildman–Crippen MR) is 124 cm³/mol. The van der Waals surface area contributed by atoms with Gasteiger partial charge < -0.3 is 20.4 Å². The smallest absolute Gasteiger partial charge is 0.416 e. The number of carbonyl (C=O) groups is 3. The number of carbonyl (C=O) groups excluding carboxylic acids is 3. The van der Waals surface area contributed by atoms with Crippen molar-refractivity contribution >= 4 is 46.8 Å². The molecule has 0 bridgehead atoms. The van der Waals surface area contributed by atoms with E-state index in [1.54, 1.807) is 24.3 Å².